The standard InChI is InChI=1S/C8H16N2O6S/c1-2-15-8(12)9-17(13,14)10-3-4-16-7(5-10)6-11/h7,11H,2-6H2,1H3,(H,9,12). The fourth-order valence-corrected chi connectivity index (χ4v) is 2.43. The van der Waals surface area contributed by atoms with Crippen LogP contribution < -0.4 is 4.72 Å². The van der Waals surface area contributed by atoms with Crippen LogP contribution in [0.15, 0.2) is 0 Å². The summed E-state index contributed by atoms with van der Waals surface area (Å²) in [5.74, 6) is 0. The van der Waals surface area contributed by atoms with E-state index in [1.54, 1.807) is 11.6 Å². The van der Waals surface area contributed by atoms with Crippen molar-refractivity contribution in [3.63, 3.8) is 0 Å². The highest BCUT2D eigenvalue weighted by molar-refractivity contribution is 7.87. The van der Waals surface area contributed by atoms with Crippen molar-refractivity contribution in [1.82, 2.24) is 9.03 Å². The van der Waals surface area contributed by atoms with E-state index in [1.807, 2.05) is 0 Å². The number of hydrogen-bond acceptors (Lipinski definition) is 6. The topological polar surface area (TPSA) is 105 Å². The molecule has 1 heterocycles. The largest absolute Gasteiger partial charge is 0.449 e. The zero-order valence-corrected chi connectivity index (χ0v) is 10.3. The number of amides is 1. The van der Waals surface area contributed by atoms with E-state index < -0.39 is 22.4 Å². The van der Waals surface area contributed by atoms with Crippen LogP contribution in [-0.2, 0) is 19.7 Å². The maximum absolute atomic E-state index is 11.7. The lowest BCUT2D eigenvalue weighted by Crippen LogP contribution is -2.52. The quantitative estimate of drug-likeness (QED) is 0.654. The van der Waals surface area contributed by atoms with Gasteiger partial charge in [0.15, 0.2) is 0 Å². The lowest BCUT2D eigenvalue weighted by atomic mass is 10.3. The van der Waals surface area contributed by atoms with Crippen molar-refractivity contribution in [3.05, 3.63) is 0 Å². The number of ether oxygens (including phenoxy) is 2. The molecule has 1 rings (SSSR count). The van der Waals surface area contributed by atoms with E-state index in [2.05, 4.69) is 4.74 Å². The summed E-state index contributed by atoms with van der Waals surface area (Å²) in [4.78, 5) is 11.0. The first-order chi connectivity index (χ1) is 7.99. The minimum Gasteiger partial charge on any atom is -0.449 e. The van der Waals surface area contributed by atoms with Gasteiger partial charge in [-0.05, 0) is 6.92 Å². The second-order valence-electron chi connectivity index (χ2n) is 3.36. The molecule has 0 saturated carbocycles. The van der Waals surface area contributed by atoms with Crippen LogP contribution in [0.5, 0.6) is 0 Å². The van der Waals surface area contributed by atoms with Gasteiger partial charge in [-0.1, -0.05) is 0 Å². The number of morpholine rings is 1. The Labute approximate surface area is 99.7 Å². The Kier molecular flexibility index (Phi) is 5.12. The van der Waals surface area contributed by atoms with Crippen molar-refractivity contribution in [1.29, 1.82) is 0 Å². The van der Waals surface area contributed by atoms with Crippen molar-refractivity contribution in [2.24, 2.45) is 0 Å². The smallest absolute Gasteiger partial charge is 0.421 e. The molecule has 0 bridgehead atoms. The molecular formula is C8H16N2O6S. The Hall–Kier alpha value is -0.900. The van der Waals surface area contributed by atoms with Crippen LogP contribution in [0.1, 0.15) is 6.92 Å². The predicted molar refractivity (Wildman–Crippen MR) is 57.5 cm³/mol. The van der Waals surface area contributed by atoms with Gasteiger partial charge in [-0.15, -0.1) is 0 Å². The van der Waals surface area contributed by atoms with E-state index >= 15 is 0 Å². The fraction of sp³-hybridized carbons (Fsp3) is 0.875. The van der Waals surface area contributed by atoms with Gasteiger partial charge >= 0.3 is 16.3 Å². The summed E-state index contributed by atoms with van der Waals surface area (Å²) in [7, 11) is -3.93. The lowest BCUT2D eigenvalue weighted by molar-refractivity contribution is -0.0307. The first kappa shape index (κ1) is 14.2. The SMILES string of the molecule is CCOC(=O)NS(=O)(=O)N1CCOC(CO)C1. The zero-order valence-electron chi connectivity index (χ0n) is 9.46. The third kappa shape index (κ3) is 4.11. The Morgan fingerprint density at radius 2 is 2.35 bits per heavy atom. The summed E-state index contributed by atoms with van der Waals surface area (Å²) >= 11 is 0. The number of carbonyl (C=O) groups is 1. The van der Waals surface area contributed by atoms with Gasteiger partial charge in [-0.25, -0.2) is 9.52 Å². The molecule has 8 nitrogen and oxygen atoms in total. The minimum atomic E-state index is -3.93. The first-order valence-electron chi connectivity index (χ1n) is 5.16. The maximum Gasteiger partial charge on any atom is 0.421 e. The van der Waals surface area contributed by atoms with Crippen LogP contribution in [0.3, 0.4) is 0 Å². The van der Waals surface area contributed by atoms with E-state index in [0.29, 0.717) is 0 Å². The van der Waals surface area contributed by atoms with Crippen LogP contribution in [0.2, 0.25) is 0 Å². The fourth-order valence-electron chi connectivity index (χ4n) is 1.35. The van der Waals surface area contributed by atoms with Crippen molar-refractivity contribution in [2.75, 3.05) is 32.9 Å². The Morgan fingerprint density at radius 3 is 2.94 bits per heavy atom. The average molecular weight is 268 g/mol. The molecule has 1 aliphatic heterocycles. The van der Waals surface area contributed by atoms with E-state index in [9.17, 15) is 13.2 Å². The summed E-state index contributed by atoms with van der Waals surface area (Å²) in [5, 5.41) is 8.88. The molecule has 1 fully saturated rings. The van der Waals surface area contributed by atoms with E-state index in [0.717, 1.165) is 4.31 Å². The normalized spacial score (nSPS) is 22.1. The Morgan fingerprint density at radius 1 is 1.65 bits per heavy atom. The number of nitrogens with zero attached hydrogens (tertiary/aromatic N) is 1. The summed E-state index contributed by atoms with van der Waals surface area (Å²) in [6.07, 6.45) is -1.58. The molecule has 0 aromatic rings. The number of aliphatic hydroxyl groups excluding tert-OH is 1. The van der Waals surface area contributed by atoms with Crippen molar-refractivity contribution >= 4 is 16.3 Å². The molecule has 9 heteroatoms. The molecule has 1 atom stereocenters. The van der Waals surface area contributed by atoms with Gasteiger partial charge < -0.3 is 14.6 Å². The predicted octanol–water partition coefficient (Wildman–Crippen LogP) is -1.33. The minimum absolute atomic E-state index is 0.00520. The van der Waals surface area contributed by atoms with Crippen molar-refractivity contribution in [2.45, 2.75) is 13.0 Å². The van der Waals surface area contributed by atoms with Gasteiger partial charge in [0.2, 0.25) is 0 Å². The Bertz CT molecular complexity index is 357. The number of hydrogen-bond donors (Lipinski definition) is 2. The summed E-state index contributed by atoms with van der Waals surface area (Å²) in [5.41, 5.74) is 0. The summed E-state index contributed by atoms with van der Waals surface area (Å²) < 4.78 is 35.8. The molecule has 0 aliphatic carbocycles. The van der Waals surface area contributed by atoms with Gasteiger partial charge in [0, 0.05) is 13.1 Å². The van der Waals surface area contributed by atoms with E-state index in [4.69, 9.17) is 9.84 Å². The van der Waals surface area contributed by atoms with Crippen LogP contribution in [0.4, 0.5) is 4.79 Å². The number of aliphatic hydroxyl groups is 1. The number of carbonyl (C=O) groups excluding carboxylic acids is 1. The third-order valence-corrected chi connectivity index (χ3v) is 3.57. The van der Waals surface area contributed by atoms with Crippen LogP contribution >= 0.6 is 0 Å². The second-order valence-corrected chi connectivity index (χ2v) is 5.03. The molecule has 2 N–H and O–H groups in total. The molecule has 0 aromatic heterocycles. The van der Waals surface area contributed by atoms with Gasteiger partial charge in [0.1, 0.15) is 0 Å². The molecule has 1 saturated heterocycles. The van der Waals surface area contributed by atoms with E-state index in [1.165, 1.54) is 0 Å². The number of nitrogens with one attached hydrogen (secondary N) is 1. The molecular weight excluding hydrogens is 252 g/mol. The molecule has 17 heavy (non-hydrogen) atoms. The molecule has 1 amide bonds. The highest BCUT2D eigenvalue weighted by atomic mass is 32.2. The van der Waals surface area contributed by atoms with Gasteiger partial charge in [-0.2, -0.15) is 12.7 Å². The first-order valence-corrected chi connectivity index (χ1v) is 6.60. The molecule has 1 unspecified atom stereocenters. The van der Waals surface area contributed by atoms with E-state index in [-0.39, 0.29) is 32.9 Å². The summed E-state index contributed by atoms with van der Waals surface area (Å²) in [6.45, 7) is 1.70. The highest BCUT2D eigenvalue weighted by Gasteiger charge is 2.30. The second kappa shape index (κ2) is 6.15. The summed E-state index contributed by atoms with van der Waals surface area (Å²) in [6, 6.07) is 0. The monoisotopic (exact) mass is 268 g/mol. The Balaban J connectivity index is 2.60. The van der Waals surface area contributed by atoms with Crippen LogP contribution in [-0.4, -0.2) is 62.9 Å². The third-order valence-electron chi connectivity index (χ3n) is 2.13. The number of rotatable bonds is 4. The van der Waals surface area contributed by atoms with Gasteiger partial charge in [0.25, 0.3) is 0 Å². The lowest BCUT2D eigenvalue weighted by Gasteiger charge is -2.30. The van der Waals surface area contributed by atoms with Gasteiger partial charge in [-0.3, -0.25) is 0 Å². The van der Waals surface area contributed by atoms with Crippen LogP contribution in [0.25, 0.3) is 0 Å². The molecule has 1 aliphatic rings. The van der Waals surface area contributed by atoms with Crippen LogP contribution in [0, 0.1) is 0 Å². The van der Waals surface area contributed by atoms with Crippen molar-refractivity contribution in [3.8, 4) is 0 Å². The zero-order chi connectivity index (χ0) is 12.9. The molecule has 100 valence electrons. The van der Waals surface area contributed by atoms with Crippen molar-refractivity contribution < 1.29 is 27.8 Å². The van der Waals surface area contributed by atoms with Gasteiger partial charge in [0.05, 0.1) is 25.9 Å². The highest BCUT2D eigenvalue weighted by Crippen LogP contribution is 2.08. The molecule has 0 spiro atoms. The average Bonchev–Trinajstić information content (AvgIpc) is 2.28. The maximum atomic E-state index is 11.7. The molecule has 0 aromatic carbocycles. The molecule has 0 radical (unpaired) electrons.